The standard InChI is InChI=1S/C24H22N2O2/c1-16(17-7-9-19(10-8-17)18-5-3-2-4-6-18)25-24(28)21-11-13-22-20(15-21)12-14-23(27)26-22/h2-11,13,15-16H,12,14H2,1H3,(H,25,28)(H,26,27). The molecule has 0 saturated carbocycles. The Labute approximate surface area is 164 Å². The van der Waals surface area contributed by atoms with Crippen LogP contribution in [0.3, 0.4) is 0 Å². The molecule has 1 aliphatic heterocycles. The van der Waals surface area contributed by atoms with Crippen molar-refractivity contribution in [2.24, 2.45) is 0 Å². The van der Waals surface area contributed by atoms with Gasteiger partial charge in [-0.25, -0.2) is 0 Å². The second-order valence-electron chi connectivity index (χ2n) is 7.10. The first-order valence-electron chi connectivity index (χ1n) is 9.49. The van der Waals surface area contributed by atoms with E-state index in [1.54, 1.807) is 12.1 Å². The fourth-order valence-electron chi connectivity index (χ4n) is 3.48. The maximum atomic E-state index is 12.7. The summed E-state index contributed by atoms with van der Waals surface area (Å²) in [6, 6.07) is 23.8. The number of fused-ring (bicyclic) bond motifs is 1. The van der Waals surface area contributed by atoms with Gasteiger partial charge < -0.3 is 10.6 Å². The van der Waals surface area contributed by atoms with Crippen molar-refractivity contribution in [2.75, 3.05) is 5.32 Å². The van der Waals surface area contributed by atoms with Crippen LogP contribution in [-0.2, 0) is 11.2 Å². The highest BCUT2D eigenvalue weighted by molar-refractivity contribution is 5.98. The quantitative estimate of drug-likeness (QED) is 0.697. The second-order valence-corrected chi connectivity index (χ2v) is 7.10. The third-order valence-corrected chi connectivity index (χ3v) is 5.13. The maximum Gasteiger partial charge on any atom is 0.251 e. The summed E-state index contributed by atoms with van der Waals surface area (Å²) in [5, 5.41) is 5.90. The van der Waals surface area contributed by atoms with Gasteiger partial charge in [0.2, 0.25) is 5.91 Å². The van der Waals surface area contributed by atoms with E-state index in [0.717, 1.165) is 22.4 Å². The molecule has 1 atom stereocenters. The highest BCUT2D eigenvalue weighted by Crippen LogP contribution is 2.25. The van der Waals surface area contributed by atoms with Crippen LogP contribution in [0.5, 0.6) is 0 Å². The molecular formula is C24H22N2O2. The number of amides is 2. The average Bonchev–Trinajstić information content (AvgIpc) is 2.74. The van der Waals surface area contributed by atoms with E-state index in [9.17, 15) is 9.59 Å². The summed E-state index contributed by atoms with van der Waals surface area (Å²) >= 11 is 0. The van der Waals surface area contributed by atoms with Crippen molar-refractivity contribution >= 4 is 17.5 Å². The summed E-state index contributed by atoms with van der Waals surface area (Å²) in [5.41, 5.74) is 5.80. The SMILES string of the molecule is CC(NC(=O)c1ccc2c(c1)CCC(=O)N2)c1ccc(-c2ccccc2)cc1. The average molecular weight is 370 g/mol. The molecule has 28 heavy (non-hydrogen) atoms. The van der Waals surface area contributed by atoms with E-state index >= 15 is 0 Å². The number of aryl methyl sites for hydroxylation is 1. The number of rotatable bonds is 4. The highest BCUT2D eigenvalue weighted by atomic mass is 16.2. The van der Waals surface area contributed by atoms with Crippen molar-refractivity contribution in [3.63, 3.8) is 0 Å². The topological polar surface area (TPSA) is 58.2 Å². The molecule has 1 unspecified atom stereocenters. The first-order chi connectivity index (χ1) is 13.6. The number of hydrogen-bond donors (Lipinski definition) is 2. The largest absolute Gasteiger partial charge is 0.346 e. The monoisotopic (exact) mass is 370 g/mol. The zero-order chi connectivity index (χ0) is 19.5. The lowest BCUT2D eigenvalue weighted by molar-refractivity contribution is -0.116. The minimum Gasteiger partial charge on any atom is -0.346 e. The highest BCUT2D eigenvalue weighted by Gasteiger charge is 2.18. The number of hydrogen-bond acceptors (Lipinski definition) is 2. The number of carbonyl (C=O) groups excluding carboxylic acids is 2. The van der Waals surface area contributed by atoms with Crippen LogP contribution in [0.25, 0.3) is 11.1 Å². The molecule has 0 aliphatic carbocycles. The predicted molar refractivity (Wildman–Crippen MR) is 111 cm³/mol. The summed E-state index contributed by atoms with van der Waals surface area (Å²) in [7, 11) is 0. The van der Waals surface area contributed by atoms with Gasteiger partial charge in [-0.1, -0.05) is 54.6 Å². The van der Waals surface area contributed by atoms with Gasteiger partial charge in [-0.2, -0.15) is 0 Å². The van der Waals surface area contributed by atoms with Gasteiger partial charge in [0.1, 0.15) is 0 Å². The molecule has 1 aliphatic rings. The molecule has 4 nitrogen and oxygen atoms in total. The van der Waals surface area contributed by atoms with Crippen LogP contribution in [0.2, 0.25) is 0 Å². The summed E-state index contributed by atoms with van der Waals surface area (Å²) < 4.78 is 0. The molecule has 0 radical (unpaired) electrons. The third kappa shape index (κ3) is 3.81. The van der Waals surface area contributed by atoms with Crippen molar-refractivity contribution in [1.82, 2.24) is 5.32 Å². The predicted octanol–water partition coefficient (Wildman–Crippen LogP) is 4.73. The molecule has 140 valence electrons. The summed E-state index contributed by atoms with van der Waals surface area (Å²) in [6.07, 6.45) is 1.13. The van der Waals surface area contributed by atoms with E-state index in [1.807, 2.05) is 31.2 Å². The van der Waals surface area contributed by atoms with E-state index in [-0.39, 0.29) is 17.9 Å². The van der Waals surface area contributed by atoms with Gasteiger partial charge in [0.05, 0.1) is 6.04 Å². The van der Waals surface area contributed by atoms with Crippen molar-refractivity contribution in [2.45, 2.75) is 25.8 Å². The van der Waals surface area contributed by atoms with E-state index in [0.29, 0.717) is 18.4 Å². The molecule has 3 aromatic rings. The Morgan fingerprint density at radius 3 is 2.39 bits per heavy atom. The second kappa shape index (κ2) is 7.69. The van der Waals surface area contributed by atoms with Crippen LogP contribution < -0.4 is 10.6 Å². The van der Waals surface area contributed by atoms with Crippen molar-refractivity contribution in [3.8, 4) is 11.1 Å². The van der Waals surface area contributed by atoms with Crippen molar-refractivity contribution < 1.29 is 9.59 Å². The molecular weight excluding hydrogens is 348 g/mol. The van der Waals surface area contributed by atoms with E-state index in [2.05, 4.69) is 47.0 Å². The first-order valence-corrected chi connectivity index (χ1v) is 9.49. The van der Waals surface area contributed by atoms with Gasteiger partial charge in [-0.05, 0) is 53.8 Å². The Morgan fingerprint density at radius 2 is 1.64 bits per heavy atom. The van der Waals surface area contributed by atoms with Gasteiger partial charge in [-0.3, -0.25) is 9.59 Å². The Hall–Kier alpha value is -3.40. The molecule has 2 N–H and O–H groups in total. The fraction of sp³-hybridized carbons (Fsp3) is 0.167. The molecule has 0 bridgehead atoms. The number of anilines is 1. The summed E-state index contributed by atoms with van der Waals surface area (Å²) in [6.45, 7) is 1.98. The van der Waals surface area contributed by atoms with Gasteiger partial charge in [-0.15, -0.1) is 0 Å². The number of benzene rings is 3. The molecule has 3 aromatic carbocycles. The zero-order valence-corrected chi connectivity index (χ0v) is 15.7. The van der Waals surface area contributed by atoms with Gasteiger partial charge in [0.25, 0.3) is 5.91 Å². The Kier molecular flexibility index (Phi) is 4.94. The molecule has 4 heteroatoms. The van der Waals surface area contributed by atoms with Crippen LogP contribution in [-0.4, -0.2) is 11.8 Å². The maximum absolute atomic E-state index is 12.7. The smallest absolute Gasteiger partial charge is 0.251 e. The van der Waals surface area contributed by atoms with Crippen LogP contribution in [0.4, 0.5) is 5.69 Å². The molecule has 0 saturated heterocycles. The normalized spacial score (nSPS) is 14.0. The van der Waals surface area contributed by atoms with E-state index in [1.165, 1.54) is 5.56 Å². The van der Waals surface area contributed by atoms with E-state index < -0.39 is 0 Å². The Bertz CT molecular complexity index is 1010. The number of carbonyl (C=O) groups is 2. The molecule has 0 spiro atoms. The minimum absolute atomic E-state index is 0.0253. The molecule has 2 amide bonds. The van der Waals surface area contributed by atoms with Crippen LogP contribution >= 0.6 is 0 Å². The lowest BCUT2D eigenvalue weighted by atomic mass is 9.99. The first kappa shape index (κ1) is 18.0. The van der Waals surface area contributed by atoms with Gasteiger partial charge in [0.15, 0.2) is 0 Å². The Morgan fingerprint density at radius 1 is 0.929 bits per heavy atom. The third-order valence-electron chi connectivity index (χ3n) is 5.13. The van der Waals surface area contributed by atoms with Gasteiger partial charge >= 0.3 is 0 Å². The van der Waals surface area contributed by atoms with Gasteiger partial charge in [0, 0.05) is 17.7 Å². The van der Waals surface area contributed by atoms with Crippen molar-refractivity contribution in [1.29, 1.82) is 0 Å². The summed E-state index contributed by atoms with van der Waals surface area (Å²) in [5.74, 6) is -0.0865. The molecule has 0 fully saturated rings. The molecule has 0 aromatic heterocycles. The van der Waals surface area contributed by atoms with Crippen LogP contribution in [0.15, 0.2) is 72.8 Å². The molecule has 1 heterocycles. The van der Waals surface area contributed by atoms with Crippen LogP contribution in [0, 0.1) is 0 Å². The lowest BCUT2D eigenvalue weighted by Crippen LogP contribution is -2.27. The number of nitrogens with one attached hydrogen (secondary N) is 2. The molecule has 4 rings (SSSR count). The minimum atomic E-state index is -0.112. The fourth-order valence-corrected chi connectivity index (χ4v) is 3.48. The lowest BCUT2D eigenvalue weighted by Gasteiger charge is -2.19. The Balaban J connectivity index is 1.45. The van der Waals surface area contributed by atoms with Crippen LogP contribution in [0.1, 0.15) is 40.9 Å². The zero-order valence-electron chi connectivity index (χ0n) is 15.7. The van der Waals surface area contributed by atoms with Crippen molar-refractivity contribution in [3.05, 3.63) is 89.5 Å². The summed E-state index contributed by atoms with van der Waals surface area (Å²) in [4.78, 5) is 24.1. The van der Waals surface area contributed by atoms with E-state index in [4.69, 9.17) is 0 Å².